The number of esters is 3. The number of unbranched alkanes of at least 4 members (excludes halogenated alkanes) is 41. The Morgan fingerprint density at radius 2 is 0.535 bits per heavy atom. The van der Waals surface area contributed by atoms with Crippen LogP contribution in [0.15, 0.2) is 36.5 Å². The monoisotopic (exact) mass is 997 g/mol. The van der Waals surface area contributed by atoms with Crippen LogP contribution in [-0.4, -0.2) is 37.2 Å². The maximum Gasteiger partial charge on any atom is 0.306 e. The molecule has 0 aromatic carbocycles. The molecule has 0 bridgehead atoms. The normalized spacial score (nSPS) is 12.2. The molecule has 6 heteroatoms. The highest BCUT2D eigenvalue weighted by atomic mass is 16.6. The topological polar surface area (TPSA) is 78.9 Å². The van der Waals surface area contributed by atoms with Crippen molar-refractivity contribution in [1.29, 1.82) is 0 Å². The second kappa shape index (κ2) is 60.2. The molecule has 0 saturated heterocycles. The van der Waals surface area contributed by atoms with E-state index in [0.717, 1.165) is 83.5 Å². The summed E-state index contributed by atoms with van der Waals surface area (Å²) in [5.74, 6) is -0.868. The number of ether oxygens (including phenoxy) is 3. The van der Waals surface area contributed by atoms with Crippen LogP contribution in [0.4, 0.5) is 0 Å². The minimum atomic E-state index is -0.777. The van der Waals surface area contributed by atoms with Crippen molar-refractivity contribution in [3.63, 3.8) is 0 Å². The van der Waals surface area contributed by atoms with Gasteiger partial charge in [0.2, 0.25) is 0 Å². The molecule has 0 aliphatic carbocycles. The molecule has 0 N–H and O–H groups in total. The molecule has 0 aromatic rings. The highest BCUT2D eigenvalue weighted by Gasteiger charge is 2.19. The molecular weight excluding hydrogens is 877 g/mol. The summed E-state index contributed by atoms with van der Waals surface area (Å²) in [6.07, 6.45) is 72.9. The van der Waals surface area contributed by atoms with Crippen molar-refractivity contribution in [2.45, 2.75) is 348 Å². The first-order chi connectivity index (χ1) is 35.0. The molecule has 0 rings (SSSR count). The molecular formula is C65H120O6. The molecule has 0 aliphatic rings. The molecule has 0 amide bonds. The summed E-state index contributed by atoms with van der Waals surface area (Å²) in [6.45, 7) is 6.62. The fourth-order valence-electron chi connectivity index (χ4n) is 9.36. The van der Waals surface area contributed by atoms with Gasteiger partial charge in [0.05, 0.1) is 0 Å². The fourth-order valence-corrected chi connectivity index (χ4v) is 9.36. The predicted molar refractivity (Wildman–Crippen MR) is 307 cm³/mol. The van der Waals surface area contributed by atoms with Crippen LogP contribution in [0.5, 0.6) is 0 Å². The van der Waals surface area contributed by atoms with Crippen LogP contribution in [0.25, 0.3) is 0 Å². The fraction of sp³-hybridized carbons (Fsp3) is 0.862. The summed E-state index contributed by atoms with van der Waals surface area (Å²) in [7, 11) is 0. The number of rotatable bonds is 58. The maximum atomic E-state index is 12.9. The van der Waals surface area contributed by atoms with Gasteiger partial charge in [0.15, 0.2) is 6.10 Å². The summed E-state index contributed by atoms with van der Waals surface area (Å²) >= 11 is 0. The molecule has 0 radical (unpaired) electrons. The van der Waals surface area contributed by atoms with E-state index in [1.165, 1.54) is 218 Å². The van der Waals surface area contributed by atoms with Crippen LogP contribution >= 0.6 is 0 Å². The van der Waals surface area contributed by atoms with Gasteiger partial charge in [-0.25, -0.2) is 0 Å². The quantitative estimate of drug-likeness (QED) is 0.0261. The zero-order chi connectivity index (χ0) is 51.4. The van der Waals surface area contributed by atoms with Gasteiger partial charge in [-0.2, -0.15) is 0 Å². The van der Waals surface area contributed by atoms with Crippen LogP contribution in [0, 0.1) is 0 Å². The van der Waals surface area contributed by atoms with E-state index in [0.29, 0.717) is 19.3 Å². The van der Waals surface area contributed by atoms with Crippen molar-refractivity contribution >= 4 is 17.9 Å². The lowest BCUT2D eigenvalue weighted by atomic mass is 10.0. The molecule has 0 spiro atoms. The largest absolute Gasteiger partial charge is 0.462 e. The van der Waals surface area contributed by atoms with Crippen molar-refractivity contribution in [3.05, 3.63) is 36.5 Å². The predicted octanol–water partition coefficient (Wildman–Crippen LogP) is 21.2. The molecule has 71 heavy (non-hydrogen) atoms. The molecule has 0 aromatic heterocycles. The Kier molecular flexibility index (Phi) is 58.2. The molecule has 0 aliphatic heterocycles. The lowest BCUT2D eigenvalue weighted by Gasteiger charge is -2.18. The van der Waals surface area contributed by atoms with Crippen LogP contribution in [0.2, 0.25) is 0 Å². The number of allylic oxidation sites excluding steroid dienone is 6. The van der Waals surface area contributed by atoms with E-state index in [9.17, 15) is 14.4 Å². The smallest absolute Gasteiger partial charge is 0.306 e. The van der Waals surface area contributed by atoms with E-state index >= 15 is 0 Å². The molecule has 6 nitrogen and oxygen atoms in total. The first-order valence-corrected chi connectivity index (χ1v) is 31.5. The van der Waals surface area contributed by atoms with Gasteiger partial charge in [0.1, 0.15) is 13.2 Å². The summed E-state index contributed by atoms with van der Waals surface area (Å²) < 4.78 is 16.9. The Bertz CT molecular complexity index is 1190. The van der Waals surface area contributed by atoms with Gasteiger partial charge >= 0.3 is 17.9 Å². The Balaban J connectivity index is 4.29. The minimum absolute atomic E-state index is 0.0734. The van der Waals surface area contributed by atoms with Crippen molar-refractivity contribution in [3.8, 4) is 0 Å². The van der Waals surface area contributed by atoms with Crippen molar-refractivity contribution in [2.24, 2.45) is 0 Å². The molecule has 0 fully saturated rings. The third kappa shape index (κ3) is 58.4. The van der Waals surface area contributed by atoms with Crippen molar-refractivity contribution in [1.82, 2.24) is 0 Å². The highest BCUT2D eigenvalue weighted by molar-refractivity contribution is 5.71. The van der Waals surface area contributed by atoms with E-state index in [4.69, 9.17) is 14.2 Å². The second-order valence-corrected chi connectivity index (χ2v) is 21.3. The highest BCUT2D eigenvalue weighted by Crippen LogP contribution is 2.17. The molecule has 0 saturated carbocycles. The van der Waals surface area contributed by atoms with Crippen LogP contribution in [0.3, 0.4) is 0 Å². The SMILES string of the molecule is CCC/C=C\C/C=C\CCCCCCCC(=O)OCC(COC(=O)CCCCCCCCCCCCCCCCCCCCCCC)OC(=O)CCCCCCCCCCC/C=C\CCCCCCCC. The number of carbonyl (C=O) groups is 3. The van der Waals surface area contributed by atoms with Crippen LogP contribution in [0.1, 0.15) is 342 Å². The zero-order valence-electron chi connectivity index (χ0n) is 47.8. The van der Waals surface area contributed by atoms with Gasteiger partial charge in [-0.3, -0.25) is 14.4 Å². The lowest BCUT2D eigenvalue weighted by molar-refractivity contribution is -0.167. The van der Waals surface area contributed by atoms with Crippen molar-refractivity contribution < 1.29 is 28.6 Å². The van der Waals surface area contributed by atoms with E-state index in [1.807, 2.05) is 0 Å². The summed E-state index contributed by atoms with van der Waals surface area (Å²) in [5, 5.41) is 0. The summed E-state index contributed by atoms with van der Waals surface area (Å²) in [6, 6.07) is 0. The maximum absolute atomic E-state index is 12.9. The van der Waals surface area contributed by atoms with Gasteiger partial charge in [0.25, 0.3) is 0 Å². The molecule has 416 valence electrons. The van der Waals surface area contributed by atoms with E-state index in [2.05, 4.69) is 57.2 Å². The van der Waals surface area contributed by atoms with Gasteiger partial charge in [-0.1, -0.05) is 288 Å². The molecule has 0 heterocycles. The van der Waals surface area contributed by atoms with Crippen molar-refractivity contribution in [2.75, 3.05) is 13.2 Å². The first-order valence-electron chi connectivity index (χ1n) is 31.5. The number of hydrogen-bond acceptors (Lipinski definition) is 6. The van der Waals surface area contributed by atoms with Gasteiger partial charge in [0, 0.05) is 19.3 Å². The Labute approximate surface area is 442 Å². The Morgan fingerprint density at radius 1 is 0.282 bits per heavy atom. The minimum Gasteiger partial charge on any atom is -0.462 e. The van der Waals surface area contributed by atoms with Gasteiger partial charge in [-0.15, -0.1) is 0 Å². The summed E-state index contributed by atoms with van der Waals surface area (Å²) in [4.78, 5) is 38.3. The average molecular weight is 998 g/mol. The first kappa shape index (κ1) is 68.6. The Hall–Kier alpha value is -2.37. The van der Waals surface area contributed by atoms with E-state index in [-0.39, 0.29) is 31.1 Å². The van der Waals surface area contributed by atoms with E-state index in [1.54, 1.807) is 0 Å². The van der Waals surface area contributed by atoms with Crippen LogP contribution in [-0.2, 0) is 28.6 Å². The Morgan fingerprint density at radius 3 is 0.845 bits per heavy atom. The van der Waals surface area contributed by atoms with Crippen LogP contribution < -0.4 is 0 Å². The molecule has 1 atom stereocenters. The lowest BCUT2D eigenvalue weighted by Crippen LogP contribution is -2.30. The average Bonchev–Trinajstić information content (AvgIpc) is 3.37. The second-order valence-electron chi connectivity index (χ2n) is 21.3. The number of carbonyl (C=O) groups excluding carboxylic acids is 3. The number of hydrogen-bond donors (Lipinski definition) is 0. The standard InChI is InChI=1S/C65H120O6/c1-4-7-10-13-16-19-22-25-27-29-31-32-34-35-37-40-43-46-49-52-55-58-64(67)70-61-62(60-69-63(66)57-54-51-48-45-42-39-24-21-18-15-12-9-6-3)71-65(68)59-56-53-50-47-44-41-38-36-33-30-28-26-23-20-17-14-11-8-5-2/h12,15,21,24,26,28,62H,4-11,13-14,16-20,22-23,25,27,29-61H2,1-3H3/b15-12-,24-21-,28-26-. The third-order valence-corrected chi connectivity index (χ3v) is 14.1. The van der Waals surface area contributed by atoms with E-state index < -0.39 is 6.10 Å². The third-order valence-electron chi connectivity index (χ3n) is 14.1. The van der Waals surface area contributed by atoms with Gasteiger partial charge < -0.3 is 14.2 Å². The molecule has 1 unspecified atom stereocenters. The zero-order valence-corrected chi connectivity index (χ0v) is 47.8. The van der Waals surface area contributed by atoms with Gasteiger partial charge in [-0.05, 0) is 70.6 Å². The summed E-state index contributed by atoms with van der Waals surface area (Å²) in [5.41, 5.74) is 0.